The van der Waals surface area contributed by atoms with Gasteiger partial charge in [0, 0.05) is 31.2 Å². The first-order valence-corrected chi connectivity index (χ1v) is 30.8. The fourth-order valence-corrected chi connectivity index (χ4v) is 12.6. The SMILES string of the molecule is CC(C)Cc1cc(-c2[c-]cccc2)nc[c]1[Ge]([CH3])([CH3])[CH3].CC(C)c1cccc(C(C)C)c1-n1c(-c2[c-]ccc3c2oc2ccc(-c4ccc(-c5ccccc5)cc4)cc23)nc2ccccc21.[Ir]. The molecule has 1 radical (unpaired) electrons. The van der Waals surface area contributed by atoms with E-state index >= 15 is 0 Å². The van der Waals surface area contributed by atoms with Crippen molar-refractivity contribution in [1.82, 2.24) is 14.5 Å². The normalized spacial score (nSPS) is 11.7. The van der Waals surface area contributed by atoms with Gasteiger partial charge in [0.15, 0.2) is 0 Å². The summed E-state index contributed by atoms with van der Waals surface area (Å²) < 4.78 is 10.5. The summed E-state index contributed by atoms with van der Waals surface area (Å²) in [5, 5.41) is 2.15. The number of hydrogen-bond donors (Lipinski definition) is 0. The van der Waals surface area contributed by atoms with Crippen LogP contribution in [0.25, 0.3) is 83.6 Å². The fourth-order valence-electron chi connectivity index (χ4n) is 9.24. The van der Waals surface area contributed by atoms with Crippen molar-refractivity contribution in [3.05, 3.63) is 193 Å². The van der Waals surface area contributed by atoms with E-state index in [1.165, 1.54) is 39.1 Å². The van der Waals surface area contributed by atoms with Gasteiger partial charge in [-0.05, 0) is 69.5 Å². The molecule has 0 fully saturated rings. The van der Waals surface area contributed by atoms with Crippen LogP contribution in [-0.4, -0.2) is 27.8 Å². The quantitative estimate of drug-likeness (QED) is 0.101. The van der Waals surface area contributed by atoms with E-state index < -0.39 is 13.3 Å². The summed E-state index contributed by atoms with van der Waals surface area (Å²) in [6, 6.07) is 62.2. The molecule has 0 aliphatic heterocycles. The third kappa shape index (κ3) is 9.93. The first-order chi connectivity index (χ1) is 31.9. The standard InChI is InChI=1S/C43H35N2O.C18H24GeN.Ir/c1-27(2)33-14-10-15-34(28(3)4)41(33)45-39-19-9-8-18-38(39)44-43(45)36-17-11-16-35-37-26-32(24-25-40(37)46-42(35)36)31-22-20-30(21-23-31)29-12-6-5-7-13-29;1-14(2)11-16-12-18(15-9-7-6-8-10-15)20-13-17(16)19(3,4)5;/h5-16,18-28H,1-4H3;6-9,12-14H,11H2,1-5H3;/q2*-1;. The molecule has 339 valence electrons. The molecule has 10 aromatic rings. The molecule has 4 nitrogen and oxygen atoms in total. The second kappa shape index (κ2) is 20.2. The number of nitrogens with zero attached hydrogens (tertiary/aromatic N) is 3. The molecule has 0 N–H and O–H groups in total. The summed E-state index contributed by atoms with van der Waals surface area (Å²) in [4.78, 5) is 9.95. The summed E-state index contributed by atoms with van der Waals surface area (Å²) >= 11 is -1.86. The van der Waals surface area contributed by atoms with Crippen molar-refractivity contribution >= 4 is 50.6 Å². The molecule has 0 saturated heterocycles. The fraction of sp³-hybridized carbons (Fsp3) is 0.213. The van der Waals surface area contributed by atoms with Gasteiger partial charge in [0.25, 0.3) is 0 Å². The van der Waals surface area contributed by atoms with E-state index in [9.17, 15) is 0 Å². The van der Waals surface area contributed by atoms with Gasteiger partial charge in [-0.2, -0.15) is 0 Å². The van der Waals surface area contributed by atoms with E-state index in [1.54, 1.807) is 4.40 Å². The maximum atomic E-state index is 6.66. The molecule has 0 bridgehead atoms. The number of benzene rings is 7. The Kier molecular flexibility index (Phi) is 14.3. The Labute approximate surface area is 413 Å². The van der Waals surface area contributed by atoms with Crippen molar-refractivity contribution in [2.75, 3.05) is 0 Å². The number of pyridine rings is 1. The molecule has 0 unspecified atom stereocenters. The topological polar surface area (TPSA) is 43.9 Å². The van der Waals surface area contributed by atoms with Crippen LogP contribution >= 0.6 is 0 Å². The molecule has 6 heteroatoms. The zero-order valence-corrected chi connectivity index (χ0v) is 44.6. The average molecular weight is 1110 g/mol. The van der Waals surface area contributed by atoms with Crippen LogP contribution in [-0.2, 0) is 26.5 Å². The molecular formula is C61H59GeIrN3O-2. The van der Waals surface area contributed by atoms with E-state index in [-0.39, 0.29) is 20.1 Å². The monoisotopic (exact) mass is 1120 g/mol. The number of hydrogen-bond acceptors (Lipinski definition) is 3. The summed E-state index contributed by atoms with van der Waals surface area (Å²) in [6.07, 6.45) is 3.27. The van der Waals surface area contributed by atoms with Gasteiger partial charge < -0.3 is 8.98 Å². The van der Waals surface area contributed by atoms with Crippen molar-refractivity contribution in [3.63, 3.8) is 0 Å². The van der Waals surface area contributed by atoms with Crippen LogP contribution in [0.15, 0.2) is 168 Å². The molecule has 0 aliphatic carbocycles. The van der Waals surface area contributed by atoms with Gasteiger partial charge in [-0.15, -0.1) is 18.2 Å². The van der Waals surface area contributed by atoms with Gasteiger partial charge in [-0.3, -0.25) is 4.98 Å². The van der Waals surface area contributed by atoms with Crippen molar-refractivity contribution in [1.29, 1.82) is 0 Å². The van der Waals surface area contributed by atoms with Crippen molar-refractivity contribution in [2.24, 2.45) is 5.92 Å². The van der Waals surface area contributed by atoms with Crippen LogP contribution in [0.1, 0.15) is 70.1 Å². The van der Waals surface area contributed by atoms with Gasteiger partial charge in [-0.25, -0.2) is 0 Å². The number of para-hydroxylation sites is 3. The number of furan rings is 1. The smallest absolute Gasteiger partial charge is 0.120 e. The molecule has 3 heterocycles. The van der Waals surface area contributed by atoms with Gasteiger partial charge in [0.05, 0.1) is 22.4 Å². The van der Waals surface area contributed by atoms with Gasteiger partial charge in [-0.1, -0.05) is 130 Å². The van der Waals surface area contributed by atoms with E-state index in [4.69, 9.17) is 14.4 Å². The minimum atomic E-state index is -1.86. The Morgan fingerprint density at radius 3 is 1.91 bits per heavy atom. The maximum absolute atomic E-state index is 6.66. The summed E-state index contributed by atoms with van der Waals surface area (Å²) in [5.41, 5.74) is 16.8. The molecule has 7 aromatic carbocycles. The van der Waals surface area contributed by atoms with Crippen LogP contribution in [0.2, 0.25) is 17.3 Å². The van der Waals surface area contributed by atoms with Gasteiger partial charge >= 0.3 is 126 Å². The Morgan fingerprint density at radius 1 is 0.612 bits per heavy atom. The third-order valence-electron chi connectivity index (χ3n) is 12.5. The number of fused-ring (bicyclic) bond motifs is 4. The second-order valence-electron chi connectivity index (χ2n) is 19.6. The summed E-state index contributed by atoms with van der Waals surface area (Å²) in [7, 11) is 0. The van der Waals surface area contributed by atoms with Crippen LogP contribution in [0, 0.1) is 18.1 Å². The van der Waals surface area contributed by atoms with Crippen molar-refractivity contribution in [2.45, 2.75) is 77.1 Å². The summed E-state index contributed by atoms with van der Waals surface area (Å²) in [5.74, 6) is 9.52. The molecule has 3 aromatic heterocycles. The predicted octanol–water partition coefficient (Wildman–Crippen LogP) is 16.3. The molecule has 10 rings (SSSR count). The third-order valence-corrected chi connectivity index (χ3v) is 16.9. The molecule has 0 aliphatic rings. The first kappa shape index (κ1) is 47.6. The Morgan fingerprint density at radius 2 is 1.25 bits per heavy atom. The van der Waals surface area contributed by atoms with Gasteiger partial charge in [0.2, 0.25) is 0 Å². The zero-order chi connectivity index (χ0) is 46.1. The maximum Gasteiger partial charge on any atom is 0.120 e. The number of imidazole rings is 1. The number of rotatable bonds is 10. The molecule has 0 spiro atoms. The molecule has 0 atom stereocenters. The molecule has 0 saturated carbocycles. The van der Waals surface area contributed by atoms with Gasteiger partial charge in [0.1, 0.15) is 5.58 Å². The summed E-state index contributed by atoms with van der Waals surface area (Å²) in [6.45, 7) is 13.6. The van der Waals surface area contributed by atoms with E-state index in [1.807, 2.05) is 24.3 Å². The molecule has 67 heavy (non-hydrogen) atoms. The molecular weight excluding hydrogens is 1060 g/mol. The first-order valence-electron chi connectivity index (χ1n) is 23.5. The minimum Gasteiger partial charge on any atom is -0.501 e. The van der Waals surface area contributed by atoms with E-state index in [0.29, 0.717) is 17.8 Å². The average Bonchev–Trinajstić information content (AvgIpc) is 3.90. The van der Waals surface area contributed by atoms with Crippen LogP contribution in [0.5, 0.6) is 0 Å². The van der Waals surface area contributed by atoms with Crippen molar-refractivity contribution in [3.8, 4) is 50.6 Å². The van der Waals surface area contributed by atoms with E-state index in [2.05, 4.69) is 215 Å². The van der Waals surface area contributed by atoms with Crippen LogP contribution < -0.4 is 4.40 Å². The predicted molar refractivity (Wildman–Crippen MR) is 282 cm³/mol. The van der Waals surface area contributed by atoms with Crippen molar-refractivity contribution < 1.29 is 24.5 Å². The van der Waals surface area contributed by atoms with Crippen LogP contribution in [0.4, 0.5) is 0 Å². The Hall–Kier alpha value is -5.85. The Bertz CT molecular complexity index is 3260. The Balaban J connectivity index is 0.000000244. The van der Waals surface area contributed by atoms with E-state index in [0.717, 1.165) is 67.6 Å². The van der Waals surface area contributed by atoms with Crippen LogP contribution in [0.3, 0.4) is 0 Å². The second-order valence-corrected chi connectivity index (χ2v) is 30.1. The zero-order valence-electron chi connectivity index (χ0n) is 40.1. The number of aromatic nitrogens is 3. The minimum absolute atomic E-state index is 0. The largest absolute Gasteiger partial charge is 0.501 e. The molecule has 0 amide bonds.